The van der Waals surface area contributed by atoms with Crippen molar-refractivity contribution >= 4 is 0 Å². The fourth-order valence-corrected chi connectivity index (χ4v) is 2.70. The van der Waals surface area contributed by atoms with Crippen molar-refractivity contribution in [2.75, 3.05) is 0 Å². The second kappa shape index (κ2) is 6.28. The van der Waals surface area contributed by atoms with Gasteiger partial charge in [0.25, 0.3) is 0 Å². The molecule has 1 fully saturated rings. The molecule has 1 N–H and O–H groups in total. The van der Waals surface area contributed by atoms with E-state index in [4.69, 9.17) is 4.98 Å². The fraction of sp³-hybridized carbons (Fsp3) is 0.733. The molecule has 0 spiro atoms. The van der Waals surface area contributed by atoms with E-state index in [0.717, 1.165) is 24.0 Å². The highest BCUT2D eigenvalue weighted by Gasteiger charge is 2.26. The predicted molar refractivity (Wildman–Crippen MR) is 74.4 cm³/mol. The summed E-state index contributed by atoms with van der Waals surface area (Å²) in [5.74, 6) is 2.54. The quantitative estimate of drug-likeness (QED) is 0.867. The molecule has 100 valence electrons. The highest BCUT2D eigenvalue weighted by molar-refractivity contribution is 5.07. The van der Waals surface area contributed by atoms with Crippen molar-refractivity contribution in [3.05, 3.63) is 23.8 Å². The second-order valence-electron chi connectivity index (χ2n) is 5.73. The summed E-state index contributed by atoms with van der Waals surface area (Å²) in [5.41, 5.74) is 1.12. The van der Waals surface area contributed by atoms with E-state index >= 15 is 0 Å². The van der Waals surface area contributed by atoms with Crippen LogP contribution in [0.3, 0.4) is 0 Å². The maximum absolute atomic E-state index is 4.72. The Bertz CT molecular complexity index is 376. The van der Waals surface area contributed by atoms with Crippen LogP contribution in [-0.4, -0.2) is 16.0 Å². The van der Waals surface area contributed by atoms with Crippen LogP contribution in [0.4, 0.5) is 0 Å². The molecule has 0 bridgehead atoms. The van der Waals surface area contributed by atoms with Crippen LogP contribution in [0.5, 0.6) is 0 Å². The van der Waals surface area contributed by atoms with Gasteiger partial charge in [-0.2, -0.15) is 0 Å². The minimum absolute atomic E-state index is 0.499. The van der Waals surface area contributed by atoms with Crippen LogP contribution in [0.15, 0.2) is 12.3 Å². The maximum Gasteiger partial charge on any atom is 0.131 e. The van der Waals surface area contributed by atoms with Gasteiger partial charge in [-0.15, -0.1) is 0 Å². The lowest BCUT2D eigenvalue weighted by atomic mass is 10.0. The summed E-state index contributed by atoms with van der Waals surface area (Å²) in [6, 6.07) is 2.52. The van der Waals surface area contributed by atoms with Crippen LogP contribution in [0.1, 0.15) is 63.9 Å². The molecule has 1 aromatic rings. The van der Waals surface area contributed by atoms with Crippen LogP contribution < -0.4 is 5.32 Å². The van der Waals surface area contributed by atoms with E-state index < -0.39 is 0 Å². The lowest BCUT2D eigenvalue weighted by molar-refractivity contribution is 0.515. The number of aromatic nitrogens is 2. The molecule has 1 aliphatic rings. The van der Waals surface area contributed by atoms with Crippen molar-refractivity contribution < 1.29 is 0 Å². The number of hydrogen-bond donors (Lipinski definition) is 1. The van der Waals surface area contributed by atoms with Crippen molar-refractivity contribution in [3.8, 4) is 0 Å². The molecule has 1 aliphatic carbocycles. The zero-order chi connectivity index (χ0) is 13.0. The Labute approximate surface area is 110 Å². The average Bonchev–Trinajstić information content (AvgIpc) is 2.85. The predicted octanol–water partition coefficient (Wildman–Crippen LogP) is 3.27. The van der Waals surface area contributed by atoms with Gasteiger partial charge < -0.3 is 5.32 Å². The lowest BCUT2D eigenvalue weighted by Gasteiger charge is -2.11. The van der Waals surface area contributed by atoms with Gasteiger partial charge in [0.2, 0.25) is 0 Å². The first-order chi connectivity index (χ1) is 8.69. The molecule has 3 heteroatoms. The summed E-state index contributed by atoms with van der Waals surface area (Å²) < 4.78 is 0. The normalized spacial score (nSPS) is 23.8. The number of rotatable bonds is 5. The summed E-state index contributed by atoms with van der Waals surface area (Å²) in [7, 11) is 0. The van der Waals surface area contributed by atoms with Gasteiger partial charge >= 0.3 is 0 Å². The van der Waals surface area contributed by atoms with Crippen LogP contribution in [0, 0.1) is 5.92 Å². The Morgan fingerprint density at radius 2 is 2.22 bits per heavy atom. The minimum Gasteiger partial charge on any atom is -0.309 e. The van der Waals surface area contributed by atoms with Crippen molar-refractivity contribution in [2.24, 2.45) is 5.92 Å². The third-order valence-electron chi connectivity index (χ3n) is 3.91. The van der Waals surface area contributed by atoms with Gasteiger partial charge in [0.1, 0.15) is 5.82 Å². The zero-order valence-corrected chi connectivity index (χ0v) is 11.8. The Morgan fingerprint density at radius 3 is 2.89 bits per heavy atom. The average molecular weight is 247 g/mol. The highest BCUT2D eigenvalue weighted by atomic mass is 14.9. The van der Waals surface area contributed by atoms with Crippen LogP contribution in [0.2, 0.25) is 0 Å². The molecule has 3 nitrogen and oxygen atoms in total. The summed E-state index contributed by atoms with van der Waals surface area (Å²) in [6.45, 7) is 7.45. The summed E-state index contributed by atoms with van der Waals surface area (Å²) in [5, 5.41) is 3.41. The number of nitrogens with zero attached hydrogens (tertiary/aromatic N) is 2. The van der Waals surface area contributed by atoms with E-state index in [-0.39, 0.29) is 0 Å². The maximum atomic E-state index is 4.72. The molecule has 0 radical (unpaired) electrons. The van der Waals surface area contributed by atoms with Gasteiger partial charge in [-0.1, -0.05) is 27.2 Å². The summed E-state index contributed by atoms with van der Waals surface area (Å²) in [6.07, 6.45) is 7.10. The molecule has 2 rings (SSSR count). The number of nitrogens with one attached hydrogen (secondary N) is 1. The molecule has 0 aromatic carbocycles. The van der Waals surface area contributed by atoms with E-state index in [1.165, 1.54) is 25.7 Å². The SMILES string of the molecule is CCC1CCC(c2nccc(CNC(C)C)n2)C1. The third kappa shape index (κ3) is 3.52. The molecule has 0 aliphatic heterocycles. The van der Waals surface area contributed by atoms with E-state index in [1.54, 1.807) is 0 Å². The largest absolute Gasteiger partial charge is 0.309 e. The Balaban J connectivity index is 1.99. The van der Waals surface area contributed by atoms with Crippen molar-refractivity contribution in [2.45, 2.75) is 65.0 Å². The summed E-state index contributed by atoms with van der Waals surface area (Å²) >= 11 is 0. The molecule has 18 heavy (non-hydrogen) atoms. The van der Waals surface area contributed by atoms with Crippen molar-refractivity contribution in [1.82, 2.24) is 15.3 Å². The van der Waals surface area contributed by atoms with E-state index in [2.05, 4.69) is 31.1 Å². The van der Waals surface area contributed by atoms with Gasteiger partial charge in [-0.25, -0.2) is 9.97 Å². The molecular formula is C15H25N3. The number of hydrogen-bond acceptors (Lipinski definition) is 3. The van der Waals surface area contributed by atoms with Gasteiger partial charge in [0.15, 0.2) is 0 Å². The standard InChI is InChI=1S/C15H25N3/c1-4-12-5-6-13(9-12)15-16-8-7-14(18-15)10-17-11(2)3/h7-8,11-13,17H,4-6,9-10H2,1-3H3. The zero-order valence-electron chi connectivity index (χ0n) is 11.8. The van der Waals surface area contributed by atoms with Crippen molar-refractivity contribution in [1.29, 1.82) is 0 Å². The molecule has 0 saturated heterocycles. The highest BCUT2D eigenvalue weighted by Crippen LogP contribution is 2.38. The first kappa shape index (κ1) is 13.5. The Hall–Kier alpha value is -0.960. The van der Waals surface area contributed by atoms with Crippen molar-refractivity contribution in [3.63, 3.8) is 0 Å². The first-order valence-corrected chi connectivity index (χ1v) is 7.24. The Morgan fingerprint density at radius 1 is 1.39 bits per heavy atom. The van der Waals surface area contributed by atoms with Gasteiger partial charge in [0, 0.05) is 24.7 Å². The van der Waals surface area contributed by atoms with Crippen LogP contribution in [-0.2, 0) is 6.54 Å². The summed E-state index contributed by atoms with van der Waals surface area (Å²) in [4.78, 5) is 9.20. The third-order valence-corrected chi connectivity index (χ3v) is 3.91. The Kier molecular flexibility index (Phi) is 4.70. The van der Waals surface area contributed by atoms with E-state index in [9.17, 15) is 0 Å². The van der Waals surface area contributed by atoms with Gasteiger partial charge in [-0.3, -0.25) is 0 Å². The molecule has 2 unspecified atom stereocenters. The fourth-order valence-electron chi connectivity index (χ4n) is 2.70. The minimum atomic E-state index is 0.499. The van der Waals surface area contributed by atoms with Crippen LogP contribution >= 0.6 is 0 Å². The molecule has 1 heterocycles. The van der Waals surface area contributed by atoms with E-state index in [1.807, 2.05) is 12.3 Å². The monoisotopic (exact) mass is 247 g/mol. The molecule has 1 aromatic heterocycles. The van der Waals surface area contributed by atoms with Gasteiger partial charge in [-0.05, 0) is 31.2 Å². The second-order valence-corrected chi connectivity index (χ2v) is 5.73. The van der Waals surface area contributed by atoms with Gasteiger partial charge in [0.05, 0.1) is 5.69 Å². The lowest BCUT2D eigenvalue weighted by Crippen LogP contribution is -2.22. The van der Waals surface area contributed by atoms with E-state index in [0.29, 0.717) is 12.0 Å². The first-order valence-electron chi connectivity index (χ1n) is 7.24. The molecule has 1 saturated carbocycles. The smallest absolute Gasteiger partial charge is 0.131 e. The molecule has 2 atom stereocenters. The molecular weight excluding hydrogens is 222 g/mol. The molecule has 0 amide bonds. The topological polar surface area (TPSA) is 37.8 Å². The van der Waals surface area contributed by atoms with Crippen LogP contribution in [0.25, 0.3) is 0 Å².